The van der Waals surface area contributed by atoms with E-state index in [2.05, 4.69) is 39.9 Å². The standard InChI is InChI=1S/C15H33N5O2.HI/c1-15(2,3)22-14(21)19-10-7-9-17-13(16-4)18-11-8-12-20(5)6;/h7-12H2,1-6H3,(H,19,21)(H2,16,17,18);1H. The molecule has 0 fully saturated rings. The van der Waals surface area contributed by atoms with E-state index in [0.717, 1.165) is 38.4 Å². The van der Waals surface area contributed by atoms with E-state index in [1.165, 1.54) is 0 Å². The quantitative estimate of drug-likeness (QED) is 0.230. The zero-order chi connectivity index (χ0) is 17.0. The van der Waals surface area contributed by atoms with Gasteiger partial charge in [-0.15, -0.1) is 24.0 Å². The van der Waals surface area contributed by atoms with Gasteiger partial charge in [0, 0.05) is 26.7 Å². The van der Waals surface area contributed by atoms with E-state index in [1.807, 2.05) is 20.8 Å². The number of carbonyl (C=O) groups excluding carboxylic acids is 1. The Bertz CT molecular complexity index is 343. The first kappa shape index (κ1) is 24.5. The number of nitrogens with zero attached hydrogens (tertiary/aromatic N) is 2. The lowest BCUT2D eigenvalue weighted by Gasteiger charge is -2.19. The van der Waals surface area contributed by atoms with Crippen molar-refractivity contribution in [1.82, 2.24) is 20.9 Å². The number of nitrogens with one attached hydrogen (secondary N) is 3. The van der Waals surface area contributed by atoms with Crippen LogP contribution in [0.2, 0.25) is 0 Å². The molecule has 138 valence electrons. The summed E-state index contributed by atoms with van der Waals surface area (Å²) in [5, 5.41) is 9.20. The lowest BCUT2D eigenvalue weighted by atomic mass is 10.2. The Hall–Kier alpha value is -0.770. The van der Waals surface area contributed by atoms with Crippen molar-refractivity contribution in [2.24, 2.45) is 4.99 Å². The molecule has 0 unspecified atom stereocenters. The summed E-state index contributed by atoms with van der Waals surface area (Å²) in [7, 11) is 5.87. The number of hydrogen-bond donors (Lipinski definition) is 3. The summed E-state index contributed by atoms with van der Waals surface area (Å²) in [6, 6.07) is 0. The van der Waals surface area contributed by atoms with E-state index in [1.54, 1.807) is 7.05 Å². The van der Waals surface area contributed by atoms with Crippen LogP contribution in [-0.4, -0.2) is 69.9 Å². The number of alkyl carbamates (subject to hydrolysis) is 1. The van der Waals surface area contributed by atoms with Gasteiger partial charge in [-0.1, -0.05) is 0 Å². The van der Waals surface area contributed by atoms with Crippen LogP contribution in [0, 0.1) is 0 Å². The van der Waals surface area contributed by atoms with Crippen molar-refractivity contribution >= 4 is 36.0 Å². The summed E-state index contributed by atoms with van der Waals surface area (Å²) < 4.78 is 5.16. The van der Waals surface area contributed by atoms with Crippen LogP contribution in [0.3, 0.4) is 0 Å². The zero-order valence-electron chi connectivity index (χ0n) is 15.4. The molecular formula is C15H34IN5O2. The van der Waals surface area contributed by atoms with E-state index < -0.39 is 5.60 Å². The molecule has 0 aliphatic rings. The van der Waals surface area contributed by atoms with Crippen LogP contribution in [0.5, 0.6) is 0 Å². The molecule has 0 aromatic heterocycles. The minimum absolute atomic E-state index is 0. The number of aliphatic imine (C=N–C) groups is 1. The van der Waals surface area contributed by atoms with Crippen LogP contribution in [0.15, 0.2) is 4.99 Å². The van der Waals surface area contributed by atoms with Crippen molar-refractivity contribution in [3.05, 3.63) is 0 Å². The molecule has 0 aliphatic heterocycles. The highest BCUT2D eigenvalue weighted by atomic mass is 127. The van der Waals surface area contributed by atoms with Crippen molar-refractivity contribution in [2.75, 3.05) is 47.3 Å². The monoisotopic (exact) mass is 443 g/mol. The van der Waals surface area contributed by atoms with Crippen LogP contribution < -0.4 is 16.0 Å². The van der Waals surface area contributed by atoms with E-state index in [4.69, 9.17) is 4.74 Å². The molecule has 0 aliphatic carbocycles. The van der Waals surface area contributed by atoms with E-state index in [9.17, 15) is 4.79 Å². The number of guanidine groups is 1. The van der Waals surface area contributed by atoms with Crippen LogP contribution in [0.25, 0.3) is 0 Å². The molecule has 3 N–H and O–H groups in total. The Morgan fingerprint density at radius 1 is 1.04 bits per heavy atom. The van der Waals surface area contributed by atoms with Crippen LogP contribution in [0.4, 0.5) is 4.79 Å². The second-order valence-corrected chi connectivity index (χ2v) is 6.36. The number of halogens is 1. The Kier molecular flexibility index (Phi) is 14.5. The normalized spacial score (nSPS) is 11.7. The lowest BCUT2D eigenvalue weighted by Crippen LogP contribution is -2.40. The number of ether oxygens (including phenoxy) is 1. The first-order valence-electron chi connectivity index (χ1n) is 7.80. The molecular weight excluding hydrogens is 409 g/mol. The largest absolute Gasteiger partial charge is 0.444 e. The number of carbonyl (C=O) groups is 1. The van der Waals surface area contributed by atoms with E-state index in [0.29, 0.717) is 6.54 Å². The lowest BCUT2D eigenvalue weighted by molar-refractivity contribution is 0.0527. The van der Waals surface area contributed by atoms with Gasteiger partial charge in [-0.2, -0.15) is 0 Å². The third kappa shape index (κ3) is 17.4. The summed E-state index contributed by atoms with van der Waals surface area (Å²) in [5.74, 6) is 0.788. The molecule has 0 spiro atoms. The molecule has 0 radical (unpaired) electrons. The Labute approximate surface area is 158 Å². The first-order valence-corrected chi connectivity index (χ1v) is 7.80. The molecule has 0 atom stereocenters. The van der Waals surface area contributed by atoms with Gasteiger partial charge in [0.15, 0.2) is 5.96 Å². The number of rotatable bonds is 8. The van der Waals surface area contributed by atoms with Gasteiger partial charge in [-0.25, -0.2) is 4.79 Å². The molecule has 0 bridgehead atoms. The van der Waals surface area contributed by atoms with Gasteiger partial charge in [0.05, 0.1) is 0 Å². The van der Waals surface area contributed by atoms with Crippen LogP contribution >= 0.6 is 24.0 Å². The molecule has 0 saturated heterocycles. The van der Waals surface area contributed by atoms with Crippen molar-refractivity contribution < 1.29 is 9.53 Å². The maximum absolute atomic E-state index is 11.4. The van der Waals surface area contributed by atoms with Gasteiger partial charge in [0.2, 0.25) is 0 Å². The first-order chi connectivity index (χ1) is 10.2. The number of amides is 1. The minimum Gasteiger partial charge on any atom is -0.444 e. The molecule has 0 aromatic carbocycles. The van der Waals surface area contributed by atoms with Crippen LogP contribution in [-0.2, 0) is 4.74 Å². The molecule has 0 saturated carbocycles. The van der Waals surface area contributed by atoms with Gasteiger partial charge in [-0.05, 0) is 54.3 Å². The van der Waals surface area contributed by atoms with Crippen molar-refractivity contribution in [1.29, 1.82) is 0 Å². The fourth-order valence-corrected chi connectivity index (χ4v) is 1.62. The third-order valence-electron chi connectivity index (χ3n) is 2.61. The minimum atomic E-state index is -0.457. The molecule has 8 heteroatoms. The predicted molar refractivity (Wildman–Crippen MR) is 107 cm³/mol. The second-order valence-electron chi connectivity index (χ2n) is 6.36. The summed E-state index contributed by atoms with van der Waals surface area (Å²) in [5.41, 5.74) is -0.457. The van der Waals surface area contributed by atoms with Gasteiger partial charge in [-0.3, -0.25) is 4.99 Å². The highest BCUT2D eigenvalue weighted by Crippen LogP contribution is 2.06. The highest BCUT2D eigenvalue weighted by molar-refractivity contribution is 14.0. The smallest absolute Gasteiger partial charge is 0.407 e. The predicted octanol–water partition coefficient (Wildman–Crippen LogP) is 1.64. The van der Waals surface area contributed by atoms with Gasteiger partial charge < -0.3 is 25.6 Å². The summed E-state index contributed by atoms with van der Waals surface area (Å²) in [6.07, 6.45) is 1.49. The Morgan fingerprint density at radius 3 is 2.04 bits per heavy atom. The molecule has 0 rings (SSSR count). The zero-order valence-corrected chi connectivity index (χ0v) is 17.7. The summed E-state index contributed by atoms with van der Waals surface area (Å²) in [6.45, 7) is 8.78. The van der Waals surface area contributed by atoms with Gasteiger partial charge in [0.1, 0.15) is 5.60 Å². The highest BCUT2D eigenvalue weighted by Gasteiger charge is 2.15. The molecule has 0 aromatic rings. The van der Waals surface area contributed by atoms with Gasteiger partial charge in [0.25, 0.3) is 0 Å². The third-order valence-corrected chi connectivity index (χ3v) is 2.61. The van der Waals surface area contributed by atoms with Crippen molar-refractivity contribution in [3.8, 4) is 0 Å². The molecule has 1 amide bonds. The summed E-state index contributed by atoms with van der Waals surface area (Å²) in [4.78, 5) is 17.8. The maximum atomic E-state index is 11.4. The Morgan fingerprint density at radius 2 is 1.57 bits per heavy atom. The Balaban J connectivity index is 0. The molecule has 23 heavy (non-hydrogen) atoms. The van der Waals surface area contributed by atoms with E-state index in [-0.39, 0.29) is 30.1 Å². The van der Waals surface area contributed by atoms with E-state index >= 15 is 0 Å². The number of hydrogen-bond acceptors (Lipinski definition) is 4. The summed E-state index contributed by atoms with van der Waals surface area (Å²) >= 11 is 0. The second kappa shape index (κ2) is 13.6. The van der Waals surface area contributed by atoms with Crippen molar-refractivity contribution in [2.45, 2.75) is 39.2 Å². The fraction of sp³-hybridized carbons (Fsp3) is 0.867. The maximum Gasteiger partial charge on any atom is 0.407 e. The van der Waals surface area contributed by atoms with Crippen molar-refractivity contribution in [3.63, 3.8) is 0 Å². The van der Waals surface area contributed by atoms with Crippen LogP contribution in [0.1, 0.15) is 33.6 Å². The SMILES string of the molecule is CN=C(NCCCNC(=O)OC(C)(C)C)NCCCN(C)C.I. The topological polar surface area (TPSA) is 78.0 Å². The fourth-order valence-electron chi connectivity index (χ4n) is 1.62. The molecule has 7 nitrogen and oxygen atoms in total. The van der Waals surface area contributed by atoms with Gasteiger partial charge >= 0.3 is 6.09 Å². The molecule has 0 heterocycles. The average molecular weight is 443 g/mol. The average Bonchev–Trinajstić information content (AvgIpc) is 2.38.